The molecule has 4 rings (SSSR count). The molecular weight excluding hydrogens is 556 g/mol. The van der Waals surface area contributed by atoms with E-state index in [0.29, 0.717) is 13.2 Å². The summed E-state index contributed by atoms with van der Waals surface area (Å²) in [6.45, 7) is 5.83. The SMILES string of the molecule is CCCCCCc1ccc(N=Nc2ccc(OCCCCCCOc3ccc(N=Nc4ccc(CCC)cc4)cc3)cc2)cc1. The van der Waals surface area contributed by atoms with Crippen LogP contribution < -0.4 is 9.47 Å². The average Bonchev–Trinajstić information content (AvgIpc) is 3.08. The van der Waals surface area contributed by atoms with Crippen molar-refractivity contribution in [2.75, 3.05) is 13.2 Å². The summed E-state index contributed by atoms with van der Waals surface area (Å²) in [5.41, 5.74) is 6.06. The molecule has 0 unspecified atom stereocenters. The first-order valence-corrected chi connectivity index (χ1v) is 16.7. The lowest BCUT2D eigenvalue weighted by atomic mass is 10.1. The van der Waals surface area contributed by atoms with Gasteiger partial charge in [-0.25, -0.2) is 0 Å². The van der Waals surface area contributed by atoms with Crippen molar-refractivity contribution in [1.82, 2.24) is 0 Å². The average molecular weight is 605 g/mol. The number of azo groups is 2. The quantitative estimate of drug-likeness (QED) is 0.0744. The zero-order valence-electron chi connectivity index (χ0n) is 27.0. The van der Waals surface area contributed by atoms with Crippen LogP contribution in [0.5, 0.6) is 11.5 Å². The van der Waals surface area contributed by atoms with Gasteiger partial charge in [0.2, 0.25) is 0 Å². The lowest BCUT2D eigenvalue weighted by Crippen LogP contribution is -1.99. The summed E-state index contributed by atoms with van der Waals surface area (Å²) in [4.78, 5) is 0. The van der Waals surface area contributed by atoms with E-state index in [-0.39, 0.29) is 0 Å². The molecular formula is C39H48N4O2. The van der Waals surface area contributed by atoms with Gasteiger partial charge in [-0.1, -0.05) is 63.8 Å². The number of benzene rings is 4. The van der Waals surface area contributed by atoms with Crippen LogP contribution in [0.1, 0.15) is 82.8 Å². The number of hydrogen-bond donors (Lipinski definition) is 0. The Morgan fingerprint density at radius 1 is 0.378 bits per heavy atom. The van der Waals surface area contributed by atoms with E-state index in [0.717, 1.165) is 79.2 Å². The van der Waals surface area contributed by atoms with Crippen molar-refractivity contribution in [1.29, 1.82) is 0 Å². The lowest BCUT2D eigenvalue weighted by molar-refractivity contribution is 0.287. The third-order valence-electron chi connectivity index (χ3n) is 7.54. The second kappa shape index (κ2) is 19.9. The van der Waals surface area contributed by atoms with E-state index < -0.39 is 0 Å². The fourth-order valence-corrected chi connectivity index (χ4v) is 4.89. The van der Waals surface area contributed by atoms with Crippen molar-refractivity contribution in [3.63, 3.8) is 0 Å². The van der Waals surface area contributed by atoms with Gasteiger partial charge in [0, 0.05) is 0 Å². The summed E-state index contributed by atoms with van der Waals surface area (Å²) < 4.78 is 11.8. The first-order valence-electron chi connectivity index (χ1n) is 16.7. The number of ether oxygens (including phenoxy) is 2. The van der Waals surface area contributed by atoms with Crippen LogP contribution in [-0.4, -0.2) is 13.2 Å². The van der Waals surface area contributed by atoms with Gasteiger partial charge in [0.05, 0.1) is 36.0 Å². The van der Waals surface area contributed by atoms with E-state index >= 15 is 0 Å². The predicted octanol–water partition coefficient (Wildman–Crippen LogP) is 12.6. The van der Waals surface area contributed by atoms with Gasteiger partial charge in [-0.05, 0) is 129 Å². The van der Waals surface area contributed by atoms with Gasteiger partial charge < -0.3 is 9.47 Å². The molecule has 0 saturated heterocycles. The van der Waals surface area contributed by atoms with Gasteiger partial charge in [-0.2, -0.15) is 20.5 Å². The Bertz CT molecular complexity index is 1410. The van der Waals surface area contributed by atoms with Crippen LogP contribution in [0.2, 0.25) is 0 Å². The smallest absolute Gasteiger partial charge is 0.119 e. The molecule has 0 saturated carbocycles. The molecule has 0 spiro atoms. The summed E-state index contributed by atoms with van der Waals surface area (Å²) in [5, 5.41) is 17.4. The molecule has 0 heterocycles. The van der Waals surface area contributed by atoms with Crippen LogP contribution in [0.25, 0.3) is 0 Å². The van der Waals surface area contributed by atoms with Crippen LogP contribution in [0.15, 0.2) is 118 Å². The van der Waals surface area contributed by atoms with E-state index in [2.05, 4.69) is 58.6 Å². The highest BCUT2D eigenvalue weighted by Crippen LogP contribution is 2.24. The summed E-state index contributed by atoms with van der Waals surface area (Å²) in [7, 11) is 0. The van der Waals surface area contributed by atoms with Crippen LogP contribution in [0.4, 0.5) is 22.7 Å². The van der Waals surface area contributed by atoms with Crippen LogP contribution >= 0.6 is 0 Å². The van der Waals surface area contributed by atoms with Crippen molar-refractivity contribution in [2.45, 2.75) is 84.5 Å². The molecule has 6 heteroatoms. The molecule has 0 aliphatic carbocycles. The first kappa shape index (κ1) is 33.6. The van der Waals surface area contributed by atoms with Gasteiger partial charge >= 0.3 is 0 Å². The Labute approximate surface area is 269 Å². The lowest BCUT2D eigenvalue weighted by Gasteiger charge is -2.07. The Balaban J connectivity index is 1.04. The maximum atomic E-state index is 5.91. The number of unbranched alkanes of at least 4 members (excludes halogenated alkanes) is 6. The molecule has 45 heavy (non-hydrogen) atoms. The highest BCUT2D eigenvalue weighted by molar-refractivity contribution is 5.44. The van der Waals surface area contributed by atoms with Crippen LogP contribution in [0.3, 0.4) is 0 Å². The molecule has 6 nitrogen and oxygen atoms in total. The summed E-state index contributed by atoms with van der Waals surface area (Å²) in [6, 6.07) is 32.2. The van der Waals surface area contributed by atoms with Gasteiger partial charge in [0.1, 0.15) is 11.5 Å². The van der Waals surface area contributed by atoms with E-state index in [1.807, 2.05) is 72.8 Å². The van der Waals surface area contributed by atoms with Crippen molar-refractivity contribution in [3.05, 3.63) is 108 Å². The zero-order valence-corrected chi connectivity index (χ0v) is 27.0. The molecule has 0 N–H and O–H groups in total. The van der Waals surface area contributed by atoms with Gasteiger partial charge in [0.25, 0.3) is 0 Å². The van der Waals surface area contributed by atoms with Crippen LogP contribution in [-0.2, 0) is 12.8 Å². The highest BCUT2D eigenvalue weighted by Gasteiger charge is 2.00. The number of hydrogen-bond acceptors (Lipinski definition) is 6. The minimum atomic E-state index is 0.699. The Hall–Kier alpha value is -4.32. The number of nitrogens with zero attached hydrogens (tertiary/aromatic N) is 4. The normalized spacial score (nSPS) is 11.4. The predicted molar refractivity (Wildman–Crippen MR) is 185 cm³/mol. The third kappa shape index (κ3) is 13.1. The summed E-state index contributed by atoms with van der Waals surface area (Å²) in [5.74, 6) is 1.72. The first-order chi connectivity index (χ1) is 22.2. The van der Waals surface area contributed by atoms with Gasteiger partial charge in [0.15, 0.2) is 0 Å². The molecule has 0 aliphatic heterocycles. The second-order valence-electron chi connectivity index (χ2n) is 11.4. The highest BCUT2D eigenvalue weighted by atomic mass is 16.5. The zero-order chi connectivity index (χ0) is 31.4. The molecule has 0 aromatic heterocycles. The minimum absolute atomic E-state index is 0.699. The molecule has 0 amide bonds. The van der Waals surface area contributed by atoms with E-state index in [4.69, 9.17) is 9.47 Å². The molecule has 0 fully saturated rings. The molecule has 4 aromatic carbocycles. The summed E-state index contributed by atoms with van der Waals surface area (Å²) in [6.07, 6.45) is 12.7. The van der Waals surface area contributed by atoms with Crippen molar-refractivity contribution >= 4 is 22.7 Å². The number of aryl methyl sites for hydroxylation is 2. The monoisotopic (exact) mass is 604 g/mol. The molecule has 0 aliphatic rings. The van der Waals surface area contributed by atoms with Crippen molar-refractivity contribution in [3.8, 4) is 11.5 Å². The third-order valence-corrected chi connectivity index (χ3v) is 7.54. The topological polar surface area (TPSA) is 67.9 Å². The Morgan fingerprint density at radius 3 is 1.16 bits per heavy atom. The standard InChI is InChI=1S/C39H48N4O2/c1-3-5-6-9-13-33-16-20-35(21-17-33)41-43-37-24-28-39(29-25-37)45-31-11-8-7-10-30-44-38-26-22-36(23-27-38)42-40-34-18-14-32(12-4-2)15-19-34/h14-29H,3-13,30-31H2,1-2H3. The van der Waals surface area contributed by atoms with Gasteiger partial charge in [-0.15, -0.1) is 0 Å². The van der Waals surface area contributed by atoms with Crippen molar-refractivity contribution < 1.29 is 9.47 Å². The fraction of sp³-hybridized carbons (Fsp3) is 0.385. The number of rotatable bonds is 20. The van der Waals surface area contributed by atoms with E-state index in [1.165, 1.54) is 36.8 Å². The molecule has 0 bridgehead atoms. The summed E-state index contributed by atoms with van der Waals surface area (Å²) >= 11 is 0. The molecule has 236 valence electrons. The Morgan fingerprint density at radius 2 is 0.756 bits per heavy atom. The van der Waals surface area contributed by atoms with Crippen LogP contribution in [0, 0.1) is 0 Å². The van der Waals surface area contributed by atoms with Gasteiger partial charge in [-0.3, -0.25) is 0 Å². The Kier molecular flexibility index (Phi) is 14.8. The van der Waals surface area contributed by atoms with E-state index in [9.17, 15) is 0 Å². The minimum Gasteiger partial charge on any atom is -0.494 e. The molecule has 0 radical (unpaired) electrons. The van der Waals surface area contributed by atoms with Crippen molar-refractivity contribution in [2.24, 2.45) is 20.5 Å². The maximum Gasteiger partial charge on any atom is 0.119 e. The second-order valence-corrected chi connectivity index (χ2v) is 11.4. The fourth-order valence-electron chi connectivity index (χ4n) is 4.89. The molecule has 4 aromatic rings. The maximum absolute atomic E-state index is 5.91. The largest absolute Gasteiger partial charge is 0.494 e. The molecule has 0 atom stereocenters. The van der Waals surface area contributed by atoms with E-state index in [1.54, 1.807) is 0 Å².